The molecular formula is C14H14N2O. The van der Waals surface area contributed by atoms with Gasteiger partial charge < -0.3 is 0 Å². The highest BCUT2D eigenvalue weighted by Crippen LogP contribution is 2.16. The molecule has 1 aromatic rings. The minimum Gasteiger partial charge on any atom is -0.267 e. The molecule has 86 valence electrons. The van der Waals surface area contributed by atoms with Gasteiger partial charge in [0.15, 0.2) is 0 Å². The lowest BCUT2D eigenvalue weighted by atomic mass is 9.98. The van der Waals surface area contributed by atoms with Gasteiger partial charge in [-0.3, -0.25) is 4.79 Å². The predicted octanol–water partition coefficient (Wildman–Crippen LogP) is 3.10. The van der Waals surface area contributed by atoms with Crippen LogP contribution in [0.5, 0.6) is 0 Å². The Balaban J connectivity index is 2.22. The number of carbonyl (C=O) groups excluding carboxylic acids is 1. The van der Waals surface area contributed by atoms with Crippen LogP contribution in [0.4, 0.5) is 0 Å². The lowest BCUT2D eigenvalue weighted by molar-refractivity contribution is 0.100. The average molecular weight is 226 g/mol. The van der Waals surface area contributed by atoms with E-state index >= 15 is 0 Å². The van der Waals surface area contributed by atoms with Crippen molar-refractivity contribution in [3.05, 3.63) is 35.4 Å². The van der Waals surface area contributed by atoms with Gasteiger partial charge in [0.1, 0.15) is 0 Å². The van der Waals surface area contributed by atoms with Gasteiger partial charge in [0.25, 0.3) is 5.91 Å². The normalized spacial score (nSPS) is 15.1. The smallest absolute Gasteiger partial charge is 0.267 e. The van der Waals surface area contributed by atoms with E-state index in [0.29, 0.717) is 11.1 Å². The fourth-order valence-electron chi connectivity index (χ4n) is 2.04. The Kier molecular flexibility index (Phi) is 3.66. The SMILES string of the molecule is N#Cc1ccccc1C(=O)N=C1CCCCC1. The van der Waals surface area contributed by atoms with Crippen LogP contribution in [-0.4, -0.2) is 11.6 Å². The molecule has 0 N–H and O–H groups in total. The molecule has 0 heterocycles. The molecule has 3 heteroatoms. The molecule has 0 unspecified atom stereocenters. The molecule has 0 aliphatic heterocycles. The zero-order valence-corrected chi connectivity index (χ0v) is 9.65. The van der Waals surface area contributed by atoms with Gasteiger partial charge in [0.05, 0.1) is 17.2 Å². The minimum atomic E-state index is -0.279. The maximum atomic E-state index is 12.0. The van der Waals surface area contributed by atoms with Crippen LogP contribution in [0.3, 0.4) is 0 Å². The summed E-state index contributed by atoms with van der Waals surface area (Å²) in [6, 6.07) is 8.84. The third kappa shape index (κ3) is 2.79. The first-order chi connectivity index (χ1) is 8.31. The molecule has 0 radical (unpaired) electrons. The number of nitriles is 1. The lowest BCUT2D eigenvalue weighted by Crippen LogP contribution is -2.09. The Morgan fingerprint density at radius 3 is 2.59 bits per heavy atom. The average Bonchev–Trinajstić information content (AvgIpc) is 2.40. The first kappa shape index (κ1) is 11.5. The largest absolute Gasteiger partial charge is 0.278 e. The molecular weight excluding hydrogens is 212 g/mol. The van der Waals surface area contributed by atoms with Crippen LogP contribution in [0.1, 0.15) is 48.0 Å². The van der Waals surface area contributed by atoms with E-state index in [-0.39, 0.29) is 5.91 Å². The standard InChI is InChI=1S/C14H14N2O/c15-10-11-6-4-5-9-13(11)14(17)16-12-7-2-1-3-8-12/h4-6,9H,1-3,7-8H2. The molecule has 1 aromatic carbocycles. The number of rotatable bonds is 1. The van der Waals surface area contributed by atoms with Crippen molar-refractivity contribution in [2.75, 3.05) is 0 Å². The van der Waals surface area contributed by atoms with Gasteiger partial charge in [0, 0.05) is 5.71 Å². The fourth-order valence-corrected chi connectivity index (χ4v) is 2.04. The predicted molar refractivity (Wildman–Crippen MR) is 66.0 cm³/mol. The van der Waals surface area contributed by atoms with Crippen molar-refractivity contribution in [2.45, 2.75) is 32.1 Å². The molecule has 2 rings (SSSR count). The number of aliphatic imine (C=N–C) groups is 1. The van der Waals surface area contributed by atoms with Crippen LogP contribution in [0.15, 0.2) is 29.3 Å². The van der Waals surface area contributed by atoms with E-state index in [1.54, 1.807) is 24.3 Å². The van der Waals surface area contributed by atoms with Crippen LogP contribution in [0.25, 0.3) is 0 Å². The Hall–Kier alpha value is -1.95. The quantitative estimate of drug-likeness (QED) is 0.738. The molecule has 0 saturated heterocycles. The molecule has 1 amide bonds. The van der Waals surface area contributed by atoms with E-state index in [0.717, 1.165) is 31.4 Å². The van der Waals surface area contributed by atoms with E-state index in [9.17, 15) is 4.79 Å². The van der Waals surface area contributed by atoms with Crippen molar-refractivity contribution in [1.82, 2.24) is 0 Å². The van der Waals surface area contributed by atoms with Crippen molar-refractivity contribution in [3.63, 3.8) is 0 Å². The molecule has 1 saturated carbocycles. The molecule has 17 heavy (non-hydrogen) atoms. The number of hydrogen-bond acceptors (Lipinski definition) is 2. The van der Waals surface area contributed by atoms with Gasteiger partial charge in [0.2, 0.25) is 0 Å². The zero-order valence-electron chi connectivity index (χ0n) is 9.65. The lowest BCUT2D eigenvalue weighted by Gasteiger charge is -2.11. The first-order valence-electron chi connectivity index (χ1n) is 5.91. The summed E-state index contributed by atoms with van der Waals surface area (Å²) in [5, 5.41) is 8.92. The molecule has 0 bridgehead atoms. The minimum absolute atomic E-state index is 0.279. The number of benzene rings is 1. The molecule has 0 spiro atoms. The number of nitrogens with zero attached hydrogens (tertiary/aromatic N) is 2. The van der Waals surface area contributed by atoms with Crippen molar-refractivity contribution in [3.8, 4) is 6.07 Å². The Morgan fingerprint density at radius 2 is 1.88 bits per heavy atom. The molecule has 0 aromatic heterocycles. The topological polar surface area (TPSA) is 53.2 Å². The van der Waals surface area contributed by atoms with E-state index in [1.807, 2.05) is 6.07 Å². The highest BCUT2D eigenvalue weighted by molar-refractivity contribution is 6.05. The molecule has 1 aliphatic carbocycles. The third-order valence-electron chi connectivity index (χ3n) is 2.97. The highest BCUT2D eigenvalue weighted by atomic mass is 16.1. The van der Waals surface area contributed by atoms with Crippen LogP contribution in [0, 0.1) is 11.3 Å². The van der Waals surface area contributed by atoms with Crippen LogP contribution in [0.2, 0.25) is 0 Å². The monoisotopic (exact) mass is 226 g/mol. The summed E-state index contributed by atoms with van der Waals surface area (Å²) < 4.78 is 0. The van der Waals surface area contributed by atoms with E-state index < -0.39 is 0 Å². The van der Waals surface area contributed by atoms with Crippen LogP contribution in [-0.2, 0) is 0 Å². The van der Waals surface area contributed by atoms with Crippen LogP contribution >= 0.6 is 0 Å². The van der Waals surface area contributed by atoms with Crippen molar-refractivity contribution < 1.29 is 4.79 Å². The van der Waals surface area contributed by atoms with E-state index in [1.165, 1.54) is 6.42 Å². The maximum Gasteiger partial charge on any atom is 0.278 e. The van der Waals surface area contributed by atoms with Gasteiger partial charge in [-0.15, -0.1) is 0 Å². The summed E-state index contributed by atoms with van der Waals surface area (Å²) in [6.45, 7) is 0. The van der Waals surface area contributed by atoms with Gasteiger partial charge in [-0.2, -0.15) is 5.26 Å². The first-order valence-corrected chi connectivity index (χ1v) is 5.91. The summed E-state index contributed by atoms with van der Waals surface area (Å²) in [5.74, 6) is -0.279. The zero-order chi connectivity index (χ0) is 12.1. The Morgan fingerprint density at radius 1 is 1.18 bits per heavy atom. The number of hydrogen-bond donors (Lipinski definition) is 0. The Bertz CT molecular complexity index is 489. The van der Waals surface area contributed by atoms with Gasteiger partial charge in [-0.05, 0) is 37.8 Å². The van der Waals surface area contributed by atoms with Crippen molar-refractivity contribution >= 4 is 11.6 Å². The second-order valence-electron chi connectivity index (χ2n) is 4.20. The van der Waals surface area contributed by atoms with Gasteiger partial charge >= 0.3 is 0 Å². The number of carbonyl (C=O) groups is 1. The van der Waals surface area contributed by atoms with Gasteiger partial charge in [-0.1, -0.05) is 18.6 Å². The third-order valence-corrected chi connectivity index (χ3v) is 2.97. The summed E-state index contributed by atoms with van der Waals surface area (Å²) in [7, 11) is 0. The summed E-state index contributed by atoms with van der Waals surface area (Å²) in [5.41, 5.74) is 1.79. The second kappa shape index (κ2) is 5.40. The van der Waals surface area contributed by atoms with Crippen molar-refractivity contribution in [2.24, 2.45) is 4.99 Å². The van der Waals surface area contributed by atoms with E-state index in [2.05, 4.69) is 4.99 Å². The maximum absolute atomic E-state index is 12.0. The Labute approximate surface area is 101 Å². The second-order valence-corrected chi connectivity index (χ2v) is 4.20. The molecule has 1 aliphatic rings. The van der Waals surface area contributed by atoms with Crippen LogP contribution < -0.4 is 0 Å². The molecule has 1 fully saturated rings. The summed E-state index contributed by atoms with van der Waals surface area (Å²) in [4.78, 5) is 16.1. The van der Waals surface area contributed by atoms with Crippen molar-refractivity contribution in [1.29, 1.82) is 5.26 Å². The number of amides is 1. The molecule has 3 nitrogen and oxygen atoms in total. The fraction of sp³-hybridized carbons (Fsp3) is 0.357. The summed E-state index contributed by atoms with van der Waals surface area (Å²) >= 11 is 0. The van der Waals surface area contributed by atoms with E-state index in [4.69, 9.17) is 5.26 Å². The summed E-state index contributed by atoms with van der Waals surface area (Å²) in [6.07, 6.45) is 5.29. The highest BCUT2D eigenvalue weighted by Gasteiger charge is 2.12. The molecule has 0 atom stereocenters. The van der Waals surface area contributed by atoms with Gasteiger partial charge in [-0.25, -0.2) is 4.99 Å².